The van der Waals surface area contributed by atoms with Crippen LogP contribution < -0.4 is 16.0 Å². The van der Waals surface area contributed by atoms with E-state index in [0.29, 0.717) is 12.4 Å². The first-order chi connectivity index (χ1) is 11.3. The van der Waals surface area contributed by atoms with Crippen LogP contribution in [0.5, 0.6) is 0 Å². The molecule has 0 aliphatic rings. The molecular formula is C18H27N5O. The third-order valence-corrected chi connectivity index (χ3v) is 3.84. The molecule has 6 heteroatoms. The highest BCUT2D eigenvalue weighted by Crippen LogP contribution is 2.15. The molecule has 0 aliphatic carbocycles. The van der Waals surface area contributed by atoms with Crippen molar-refractivity contribution in [2.75, 3.05) is 11.9 Å². The highest BCUT2D eigenvalue weighted by molar-refractivity contribution is 5.88. The first-order valence-electron chi connectivity index (χ1n) is 8.15. The minimum absolute atomic E-state index is 0.200. The van der Waals surface area contributed by atoms with Crippen LogP contribution in [-0.2, 0) is 7.05 Å². The molecule has 0 bridgehead atoms. The van der Waals surface area contributed by atoms with Gasteiger partial charge in [0, 0.05) is 31.2 Å². The minimum Gasteiger partial charge on any atom is -0.336 e. The van der Waals surface area contributed by atoms with Gasteiger partial charge < -0.3 is 10.6 Å². The maximum absolute atomic E-state index is 12.1. The van der Waals surface area contributed by atoms with Crippen LogP contribution in [0.15, 0.2) is 36.4 Å². The van der Waals surface area contributed by atoms with E-state index in [1.54, 1.807) is 11.7 Å². The standard InChI is InChI=1S/C18H27N5O/c1-13-11-16(23(5)22-13)20-17(24)19-12-18(3,4)21-14(2)15-9-7-6-8-10-15/h6-11,14,21H,12H2,1-5H3,(H2,19,20,24). The highest BCUT2D eigenvalue weighted by Gasteiger charge is 2.21. The van der Waals surface area contributed by atoms with Gasteiger partial charge in [0.25, 0.3) is 0 Å². The number of amides is 2. The molecule has 1 aromatic heterocycles. The molecule has 6 nitrogen and oxygen atoms in total. The fourth-order valence-corrected chi connectivity index (χ4v) is 2.65. The number of hydrogen-bond donors (Lipinski definition) is 3. The van der Waals surface area contributed by atoms with Crippen LogP contribution in [0.25, 0.3) is 0 Å². The van der Waals surface area contributed by atoms with E-state index < -0.39 is 0 Å². The average molecular weight is 329 g/mol. The number of rotatable bonds is 6. The molecule has 2 aromatic rings. The number of anilines is 1. The van der Waals surface area contributed by atoms with E-state index in [2.05, 4.69) is 54.0 Å². The Morgan fingerprint density at radius 2 is 1.96 bits per heavy atom. The van der Waals surface area contributed by atoms with Crippen LogP contribution in [0.4, 0.5) is 10.6 Å². The molecule has 2 amide bonds. The minimum atomic E-state index is -0.241. The Hall–Kier alpha value is -2.34. The summed E-state index contributed by atoms with van der Waals surface area (Å²) < 4.78 is 1.65. The summed E-state index contributed by atoms with van der Waals surface area (Å²) in [6.07, 6.45) is 0. The molecule has 24 heavy (non-hydrogen) atoms. The summed E-state index contributed by atoms with van der Waals surface area (Å²) in [7, 11) is 1.80. The molecule has 0 radical (unpaired) electrons. The van der Waals surface area contributed by atoms with Crippen LogP contribution in [-0.4, -0.2) is 27.9 Å². The Balaban J connectivity index is 1.85. The van der Waals surface area contributed by atoms with Crippen molar-refractivity contribution in [3.05, 3.63) is 47.7 Å². The lowest BCUT2D eigenvalue weighted by molar-refractivity contribution is 0.245. The smallest absolute Gasteiger partial charge is 0.320 e. The zero-order valence-corrected chi connectivity index (χ0v) is 15.1. The second kappa shape index (κ2) is 7.49. The van der Waals surface area contributed by atoms with Crippen molar-refractivity contribution in [3.63, 3.8) is 0 Å². The van der Waals surface area contributed by atoms with E-state index in [1.165, 1.54) is 5.56 Å². The van der Waals surface area contributed by atoms with Gasteiger partial charge in [-0.05, 0) is 33.3 Å². The Bertz CT molecular complexity index is 678. The van der Waals surface area contributed by atoms with Gasteiger partial charge in [0.05, 0.1) is 5.69 Å². The molecule has 0 saturated heterocycles. The highest BCUT2D eigenvalue weighted by atomic mass is 16.2. The van der Waals surface area contributed by atoms with Gasteiger partial charge >= 0.3 is 6.03 Å². The Morgan fingerprint density at radius 3 is 2.54 bits per heavy atom. The zero-order valence-electron chi connectivity index (χ0n) is 15.1. The van der Waals surface area contributed by atoms with Crippen molar-refractivity contribution in [1.82, 2.24) is 20.4 Å². The van der Waals surface area contributed by atoms with Gasteiger partial charge in [-0.15, -0.1) is 0 Å². The van der Waals surface area contributed by atoms with E-state index in [9.17, 15) is 4.79 Å². The molecule has 0 saturated carbocycles. The summed E-state index contributed by atoms with van der Waals surface area (Å²) in [5, 5.41) is 13.5. The van der Waals surface area contributed by atoms with E-state index in [1.807, 2.05) is 31.2 Å². The number of nitrogens with zero attached hydrogens (tertiary/aromatic N) is 2. The predicted octanol–water partition coefficient (Wildman–Crippen LogP) is 2.98. The lowest BCUT2D eigenvalue weighted by Crippen LogP contribution is -2.50. The van der Waals surface area contributed by atoms with Gasteiger partial charge in [-0.3, -0.25) is 10.00 Å². The van der Waals surface area contributed by atoms with Crippen molar-refractivity contribution >= 4 is 11.8 Å². The van der Waals surface area contributed by atoms with E-state index >= 15 is 0 Å². The topological polar surface area (TPSA) is 71.0 Å². The lowest BCUT2D eigenvalue weighted by Gasteiger charge is -2.30. The molecule has 3 N–H and O–H groups in total. The van der Waals surface area contributed by atoms with Crippen molar-refractivity contribution in [2.24, 2.45) is 7.05 Å². The fraction of sp³-hybridized carbons (Fsp3) is 0.444. The van der Waals surface area contributed by atoms with Gasteiger partial charge in [0.2, 0.25) is 0 Å². The number of carbonyl (C=O) groups is 1. The SMILES string of the molecule is Cc1cc(NC(=O)NCC(C)(C)NC(C)c2ccccc2)n(C)n1. The third kappa shape index (κ3) is 5.09. The molecule has 130 valence electrons. The molecule has 0 aliphatic heterocycles. The van der Waals surface area contributed by atoms with Crippen LogP contribution in [0.3, 0.4) is 0 Å². The number of nitrogens with one attached hydrogen (secondary N) is 3. The maximum Gasteiger partial charge on any atom is 0.320 e. The number of aromatic nitrogens is 2. The number of aryl methyl sites for hydroxylation is 2. The summed E-state index contributed by atoms with van der Waals surface area (Å²) in [6.45, 7) is 8.66. The number of urea groups is 1. The zero-order chi connectivity index (χ0) is 17.7. The Kier molecular flexibility index (Phi) is 5.62. The average Bonchev–Trinajstić information content (AvgIpc) is 2.83. The second-order valence-electron chi connectivity index (χ2n) is 6.76. The van der Waals surface area contributed by atoms with Crippen LogP contribution in [0.1, 0.15) is 38.1 Å². The summed E-state index contributed by atoms with van der Waals surface area (Å²) in [5.74, 6) is 0.674. The predicted molar refractivity (Wildman–Crippen MR) is 97.0 cm³/mol. The van der Waals surface area contributed by atoms with E-state index in [0.717, 1.165) is 5.69 Å². The van der Waals surface area contributed by atoms with Gasteiger partial charge in [-0.2, -0.15) is 5.10 Å². The molecule has 0 fully saturated rings. The van der Waals surface area contributed by atoms with Crippen LogP contribution in [0.2, 0.25) is 0 Å². The number of carbonyl (C=O) groups excluding carboxylic acids is 1. The van der Waals surface area contributed by atoms with Crippen LogP contribution in [0, 0.1) is 6.92 Å². The van der Waals surface area contributed by atoms with E-state index in [4.69, 9.17) is 0 Å². The molecule has 1 heterocycles. The molecule has 1 unspecified atom stereocenters. The first-order valence-corrected chi connectivity index (χ1v) is 8.15. The largest absolute Gasteiger partial charge is 0.336 e. The first kappa shape index (κ1) is 18.0. The Labute approximate surface area is 143 Å². The van der Waals surface area contributed by atoms with Gasteiger partial charge in [0.1, 0.15) is 5.82 Å². The monoisotopic (exact) mass is 329 g/mol. The Morgan fingerprint density at radius 1 is 1.29 bits per heavy atom. The van der Waals surface area contributed by atoms with Crippen molar-refractivity contribution in [2.45, 2.75) is 39.3 Å². The van der Waals surface area contributed by atoms with Crippen molar-refractivity contribution < 1.29 is 4.79 Å². The quantitative estimate of drug-likeness (QED) is 0.763. The van der Waals surface area contributed by atoms with Gasteiger partial charge in [-0.25, -0.2) is 4.79 Å². The normalized spacial score (nSPS) is 12.7. The summed E-state index contributed by atoms with van der Waals surface area (Å²) in [5.41, 5.74) is 1.85. The van der Waals surface area contributed by atoms with Crippen molar-refractivity contribution in [1.29, 1.82) is 0 Å². The van der Waals surface area contributed by atoms with E-state index in [-0.39, 0.29) is 17.6 Å². The summed E-state index contributed by atoms with van der Waals surface area (Å²) in [4.78, 5) is 12.1. The number of hydrogen-bond acceptors (Lipinski definition) is 3. The fourth-order valence-electron chi connectivity index (χ4n) is 2.65. The molecule has 1 atom stereocenters. The lowest BCUT2D eigenvalue weighted by atomic mass is 10.0. The van der Waals surface area contributed by atoms with Crippen LogP contribution >= 0.6 is 0 Å². The maximum atomic E-state index is 12.1. The third-order valence-electron chi connectivity index (χ3n) is 3.84. The molecule has 1 aromatic carbocycles. The summed E-state index contributed by atoms with van der Waals surface area (Å²) >= 11 is 0. The molecule has 0 spiro atoms. The second-order valence-corrected chi connectivity index (χ2v) is 6.76. The molecular weight excluding hydrogens is 302 g/mol. The van der Waals surface area contributed by atoms with Gasteiger partial charge in [-0.1, -0.05) is 30.3 Å². The molecule has 2 rings (SSSR count). The van der Waals surface area contributed by atoms with Gasteiger partial charge in [0.15, 0.2) is 0 Å². The van der Waals surface area contributed by atoms with Crippen molar-refractivity contribution in [3.8, 4) is 0 Å². The summed E-state index contributed by atoms with van der Waals surface area (Å²) in [6, 6.07) is 12.1. The number of benzene rings is 1.